The molecule has 7 nitrogen and oxygen atoms in total. The number of nitrogens with zero attached hydrogens (tertiary/aromatic N) is 2. The van der Waals surface area contributed by atoms with Crippen LogP contribution in [0.5, 0.6) is 0 Å². The van der Waals surface area contributed by atoms with E-state index in [1.165, 1.54) is 12.3 Å². The standard InChI is InChI=1S/C25H22N4O3/c30-24(20-6-2-1-3-7-20)28-23(18-22-8-4-17-32-22)25(31)26-15-13-19-9-11-21(12-10-19)29-16-5-14-27-29/h1-12,14,16-18H,13,15H2,(H,26,31)(H,28,30). The van der Waals surface area contributed by atoms with Crippen molar-refractivity contribution >= 4 is 17.9 Å². The van der Waals surface area contributed by atoms with Crippen molar-refractivity contribution in [3.05, 3.63) is 114 Å². The second kappa shape index (κ2) is 10.1. The Morgan fingerprint density at radius 2 is 1.78 bits per heavy atom. The fourth-order valence-electron chi connectivity index (χ4n) is 3.11. The van der Waals surface area contributed by atoms with E-state index < -0.39 is 0 Å². The van der Waals surface area contributed by atoms with Crippen LogP contribution in [0.25, 0.3) is 11.8 Å². The molecule has 0 spiro atoms. The number of carbonyl (C=O) groups excluding carboxylic acids is 2. The van der Waals surface area contributed by atoms with Crippen molar-refractivity contribution in [3.8, 4) is 5.69 Å². The average molecular weight is 426 g/mol. The maximum absolute atomic E-state index is 12.8. The number of nitrogens with one attached hydrogen (secondary N) is 2. The predicted octanol–water partition coefficient (Wildman–Crippen LogP) is 3.60. The normalized spacial score (nSPS) is 11.2. The fourth-order valence-corrected chi connectivity index (χ4v) is 3.11. The Labute approximate surface area is 185 Å². The predicted molar refractivity (Wildman–Crippen MR) is 121 cm³/mol. The summed E-state index contributed by atoms with van der Waals surface area (Å²) in [4.78, 5) is 25.3. The van der Waals surface area contributed by atoms with Crippen molar-refractivity contribution in [2.24, 2.45) is 0 Å². The Morgan fingerprint density at radius 1 is 0.969 bits per heavy atom. The van der Waals surface area contributed by atoms with E-state index in [9.17, 15) is 9.59 Å². The first-order valence-electron chi connectivity index (χ1n) is 10.2. The number of amides is 2. The quantitative estimate of drug-likeness (QED) is 0.422. The third-order valence-corrected chi connectivity index (χ3v) is 4.76. The molecule has 0 aliphatic carbocycles. The van der Waals surface area contributed by atoms with E-state index in [1.54, 1.807) is 47.3 Å². The van der Waals surface area contributed by atoms with Crippen molar-refractivity contribution in [2.45, 2.75) is 6.42 Å². The summed E-state index contributed by atoms with van der Waals surface area (Å²) >= 11 is 0. The van der Waals surface area contributed by atoms with Gasteiger partial charge in [0.05, 0.1) is 12.0 Å². The molecule has 4 rings (SSSR count). The second-order valence-corrected chi connectivity index (χ2v) is 7.02. The first-order valence-corrected chi connectivity index (χ1v) is 10.2. The molecule has 0 atom stereocenters. The Morgan fingerprint density at radius 3 is 2.47 bits per heavy atom. The minimum absolute atomic E-state index is 0.114. The first kappa shape index (κ1) is 20.9. The van der Waals surface area contributed by atoms with Gasteiger partial charge in [-0.05, 0) is 54.4 Å². The number of furan rings is 1. The molecule has 0 unspecified atom stereocenters. The average Bonchev–Trinajstić information content (AvgIpc) is 3.54. The lowest BCUT2D eigenvalue weighted by Gasteiger charge is -2.11. The molecule has 0 fully saturated rings. The van der Waals surface area contributed by atoms with Gasteiger partial charge >= 0.3 is 0 Å². The highest BCUT2D eigenvalue weighted by atomic mass is 16.3. The largest absolute Gasteiger partial charge is 0.465 e. The summed E-state index contributed by atoms with van der Waals surface area (Å²) in [7, 11) is 0. The van der Waals surface area contributed by atoms with E-state index in [-0.39, 0.29) is 17.5 Å². The van der Waals surface area contributed by atoms with Gasteiger partial charge in [-0.2, -0.15) is 5.10 Å². The summed E-state index contributed by atoms with van der Waals surface area (Å²) < 4.78 is 7.09. The van der Waals surface area contributed by atoms with Crippen LogP contribution in [-0.2, 0) is 11.2 Å². The van der Waals surface area contributed by atoms with Gasteiger partial charge in [-0.3, -0.25) is 9.59 Å². The van der Waals surface area contributed by atoms with Crippen molar-refractivity contribution in [1.82, 2.24) is 20.4 Å². The van der Waals surface area contributed by atoms with Crippen molar-refractivity contribution in [3.63, 3.8) is 0 Å². The molecule has 2 heterocycles. The number of hydrogen-bond donors (Lipinski definition) is 2. The maximum Gasteiger partial charge on any atom is 0.267 e. The molecule has 2 N–H and O–H groups in total. The van der Waals surface area contributed by atoms with Crippen LogP contribution < -0.4 is 10.6 Å². The highest BCUT2D eigenvalue weighted by Crippen LogP contribution is 2.10. The van der Waals surface area contributed by atoms with Crippen molar-refractivity contribution in [1.29, 1.82) is 0 Å². The molecule has 0 aliphatic rings. The molecule has 0 saturated carbocycles. The summed E-state index contributed by atoms with van der Waals surface area (Å²) in [5.41, 5.74) is 2.62. The minimum Gasteiger partial charge on any atom is -0.465 e. The van der Waals surface area contributed by atoms with Crippen LogP contribution in [0.1, 0.15) is 21.7 Å². The highest BCUT2D eigenvalue weighted by molar-refractivity contribution is 6.05. The monoisotopic (exact) mass is 426 g/mol. The Bertz CT molecular complexity index is 1180. The zero-order valence-electron chi connectivity index (χ0n) is 17.3. The smallest absolute Gasteiger partial charge is 0.267 e. The Hall–Kier alpha value is -4.39. The SMILES string of the molecule is O=C(NCCc1ccc(-n2cccn2)cc1)C(=Cc1ccco1)NC(=O)c1ccccc1. The van der Waals surface area contributed by atoms with Gasteiger partial charge in [-0.1, -0.05) is 30.3 Å². The molecule has 160 valence electrons. The number of aromatic nitrogens is 2. The van der Waals surface area contributed by atoms with Crippen LogP contribution in [0.4, 0.5) is 0 Å². The molecule has 7 heteroatoms. The van der Waals surface area contributed by atoms with Gasteiger partial charge in [0.2, 0.25) is 0 Å². The zero-order chi connectivity index (χ0) is 22.2. The minimum atomic E-state index is -0.390. The van der Waals surface area contributed by atoms with E-state index in [1.807, 2.05) is 42.6 Å². The summed E-state index contributed by atoms with van der Waals surface area (Å²) in [5.74, 6) is -0.288. The van der Waals surface area contributed by atoms with Gasteiger partial charge in [0.25, 0.3) is 11.8 Å². The van der Waals surface area contributed by atoms with E-state index in [2.05, 4.69) is 15.7 Å². The number of hydrogen-bond acceptors (Lipinski definition) is 4. The lowest BCUT2D eigenvalue weighted by Crippen LogP contribution is -2.35. The summed E-state index contributed by atoms with van der Waals surface area (Å²) in [6.45, 7) is 0.413. The van der Waals surface area contributed by atoms with Gasteiger partial charge < -0.3 is 15.1 Å². The topological polar surface area (TPSA) is 89.2 Å². The van der Waals surface area contributed by atoms with E-state index in [4.69, 9.17) is 4.42 Å². The highest BCUT2D eigenvalue weighted by Gasteiger charge is 2.15. The van der Waals surface area contributed by atoms with Crippen LogP contribution in [-0.4, -0.2) is 28.1 Å². The first-order chi connectivity index (χ1) is 15.7. The number of rotatable bonds is 8. The third-order valence-electron chi connectivity index (χ3n) is 4.76. The Kier molecular flexibility index (Phi) is 6.57. The van der Waals surface area contributed by atoms with Gasteiger partial charge in [0, 0.05) is 30.6 Å². The molecule has 0 radical (unpaired) electrons. The van der Waals surface area contributed by atoms with Gasteiger partial charge in [0.1, 0.15) is 11.5 Å². The molecule has 0 saturated heterocycles. The van der Waals surface area contributed by atoms with Gasteiger partial charge in [0.15, 0.2) is 0 Å². The fraction of sp³-hybridized carbons (Fsp3) is 0.0800. The maximum atomic E-state index is 12.8. The van der Waals surface area contributed by atoms with Gasteiger partial charge in [-0.15, -0.1) is 0 Å². The molecule has 2 aromatic heterocycles. The van der Waals surface area contributed by atoms with Crippen LogP contribution in [0.3, 0.4) is 0 Å². The van der Waals surface area contributed by atoms with E-state index >= 15 is 0 Å². The van der Waals surface area contributed by atoms with Crippen LogP contribution in [0, 0.1) is 0 Å². The van der Waals surface area contributed by atoms with Crippen molar-refractivity contribution < 1.29 is 14.0 Å². The Balaban J connectivity index is 1.38. The lowest BCUT2D eigenvalue weighted by atomic mass is 10.1. The molecule has 0 aliphatic heterocycles. The summed E-state index contributed by atoms with van der Waals surface area (Å²) in [6, 6.07) is 22.0. The molecular weight excluding hydrogens is 404 g/mol. The second-order valence-electron chi connectivity index (χ2n) is 7.02. The zero-order valence-corrected chi connectivity index (χ0v) is 17.3. The molecule has 32 heavy (non-hydrogen) atoms. The summed E-state index contributed by atoms with van der Waals surface area (Å²) in [6.07, 6.45) is 7.27. The third kappa shape index (κ3) is 5.40. The van der Waals surface area contributed by atoms with Crippen molar-refractivity contribution in [2.75, 3.05) is 6.54 Å². The molecule has 2 aromatic carbocycles. The number of benzene rings is 2. The van der Waals surface area contributed by atoms with Crippen LogP contribution >= 0.6 is 0 Å². The molecule has 0 bridgehead atoms. The van der Waals surface area contributed by atoms with E-state index in [0.29, 0.717) is 24.3 Å². The van der Waals surface area contributed by atoms with Crippen LogP contribution in [0.2, 0.25) is 0 Å². The number of carbonyl (C=O) groups is 2. The van der Waals surface area contributed by atoms with Gasteiger partial charge in [-0.25, -0.2) is 4.68 Å². The van der Waals surface area contributed by atoms with E-state index in [0.717, 1.165) is 11.3 Å². The molecule has 2 amide bonds. The lowest BCUT2D eigenvalue weighted by molar-refractivity contribution is -0.117. The molecule has 4 aromatic rings. The molecular formula is C25H22N4O3. The van der Waals surface area contributed by atoms with Crippen LogP contribution in [0.15, 0.2) is 102 Å². The summed E-state index contributed by atoms with van der Waals surface area (Å²) in [5, 5.41) is 9.75.